The Kier molecular flexibility index (Phi) is 3.64. The molecule has 19 heavy (non-hydrogen) atoms. The van der Waals surface area contributed by atoms with Crippen LogP contribution in [0.15, 0.2) is 45.9 Å². The molecule has 0 aliphatic carbocycles. The standard InChI is InChI=1S/C13H16N2O3S/c1-10-6-11(14)8-13(7-10)19(16,17)15(2)9-12-4-3-5-18-12/h3-8H,9,14H2,1-2H3. The fourth-order valence-electron chi connectivity index (χ4n) is 1.81. The van der Waals surface area contributed by atoms with E-state index >= 15 is 0 Å². The van der Waals surface area contributed by atoms with Crippen LogP contribution in [0.4, 0.5) is 5.69 Å². The van der Waals surface area contributed by atoms with Gasteiger partial charge in [0.15, 0.2) is 0 Å². The van der Waals surface area contributed by atoms with Gasteiger partial charge in [0.1, 0.15) is 5.76 Å². The zero-order valence-corrected chi connectivity index (χ0v) is 11.6. The highest BCUT2D eigenvalue weighted by atomic mass is 32.2. The van der Waals surface area contributed by atoms with Gasteiger partial charge in [0.25, 0.3) is 0 Å². The van der Waals surface area contributed by atoms with Crippen molar-refractivity contribution >= 4 is 15.7 Å². The molecule has 0 atom stereocenters. The summed E-state index contributed by atoms with van der Waals surface area (Å²) in [5.41, 5.74) is 6.94. The summed E-state index contributed by atoms with van der Waals surface area (Å²) in [5.74, 6) is 0.590. The van der Waals surface area contributed by atoms with Crippen LogP contribution in [-0.4, -0.2) is 19.8 Å². The summed E-state index contributed by atoms with van der Waals surface area (Å²) in [5, 5.41) is 0. The van der Waals surface area contributed by atoms with E-state index in [1.54, 1.807) is 24.3 Å². The van der Waals surface area contributed by atoms with Gasteiger partial charge in [0.05, 0.1) is 17.7 Å². The molecular weight excluding hydrogens is 264 g/mol. The number of benzene rings is 1. The topological polar surface area (TPSA) is 76.5 Å². The molecule has 0 aliphatic heterocycles. The van der Waals surface area contributed by atoms with E-state index in [0.29, 0.717) is 11.4 Å². The minimum absolute atomic E-state index is 0.184. The van der Waals surface area contributed by atoms with Gasteiger partial charge in [0, 0.05) is 12.7 Å². The second kappa shape index (κ2) is 5.07. The summed E-state index contributed by atoms with van der Waals surface area (Å²) in [7, 11) is -2.06. The van der Waals surface area contributed by atoms with E-state index in [1.165, 1.54) is 23.7 Å². The summed E-state index contributed by atoms with van der Waals surface area (Å²) in [6.45, 7) is 1.99. The van der Waals surface area contributed by atoms with E-state index in [1.807, 2.05) is 6.92 Å². The van der Waals surface area contributed by atoms with Crippen LogP contribution < -0.4 is 5.73 Å². The Balaban J connectivity index is 2.31. The summed E-state index contributed by atoms with van der Waals surface area (Å²) < 4.78 is 31.2. The van der Waals surface area contributed by atoms with Gasteiger partial charge in [0.2, 0.25) is 10.0 Å². The Morgan fingerprint density at radius 3 is 2.63 bits per heavy atom. The number of sulfonamides is 1. The number of nitrogens with zero attached hydrogens (tertiary/aromatic N) is 1. The van der Waals surface area contributed by atoms with Crippen molar-refractivity contribution in [3.8, 4) is 0 Å². The largest absolute Gasteiger partial charge is 0.468 e. The molecule has 102 valence electrons. The Morgan fingerprint density at radius 1 is 1.32 bits per heavy atom. The van der Waals surface area contributed by atoms with Gasteiger partial charge >= 0.3 is 0 Å². The van der Waals surface area contributed by atoms with Crippen LogP contribution in [0.25, 0.3) is 0 Å². The zero-order chi connectivity index (χ0) is 14.0. The first-order valence-electron chi connectivity index (χ1n) is 5.75. The summed E-state index contributed by atoms with van der Waals surface area (Å²) in [4.78, 5) is 0.194. The molecule has 5 nitrogen and oxygen atoms in total. The highest BCUT2D eigenvalue weighted by Gasteiger charge is 2.22. The van der Waals surface area contributed by atoms with E-state index in [9.17, 15) is 8.42 Å². The van der Waals surface area contributed by atoms with Gasteiger partial charge in [-0.15, -0.1) is 0 Å². The molecule has 0 unspecified atom stereocenters. The number of hydrogen-bond acceptors (Lipinski definition) is 4. The maximum absolute atomic E-state index is 12.4. The van der Waals surface area contributed by atoms with Gasteiger partial charge in [-0.05, 0) is 42.8 Å². The normalized spacial score (nSPS) is 11.9. The van der Waals surface area contributed by atoms with Gasteiger partial charge in [-0.25, -0.2) is 8.42 Å². The van der Waals surface area contributed by atoms with Crippen molar-refractivity contribution in [3.63, 3.8) is 0 Å². The number of aryl methyl sites for hydroxylation is 1. The molecule has 0 bridgehead atoms. The van der Waals surface area contributed by atoms with Crippen LogP contribution in [0, 0.1) is 6.92 Å². The van der Waals surface area contributed by atoms with Crippen molar-refractivity contribution in [2.75, 3.05) is 12.8 Å². The van der Waals surface area contributed by atoms with Gasteiger partial charge < -0.3 is 10.2 Å². The molecule has 2 aromatic rings. The van der Waals surface area contributed by atoms with Gasteiger partial charge in [-0.3, -0.25) is 0 Å². The fourth-order valence-corrected chi connectivity index (χ4v) is 3.09. The number of furan rings is 1. The molecule has 2 N–H and O–H groups in total. The molecule has 0 radical (unpaired) electrons. The zero-order valence-electron chi connectivity index (χ0n) is 10.8. The highest BCUT2D eigenvalue weighted by Crippen LogP contribution is 2.21. The molecule has 0 spiro atoms. The predicted octanol–water partition coefficient (Wildman–Crippen LogP) is 1.99. The number of hydrogen-bond donors (Lipinski definition) is 1. The van der Waals surface area contributed by atoms with Crippen LogP contribution in [0.3, 0.4) is 0 Å². The van der Waals surface area contributed by atoms with Crippen molar-refractivity contribution in [3.05, 3.63) is 47.9 Å². The minimum Gasteiger partial charge on any atom is -0.468 e. The van der Waals surface area contributed by atoms with Crippen LogP contribution in [-0.2, 0) is 16.6 Å². The number of nitrogens with two attached hydrogens (primary N) is 1. The van der Waals surface area contributed by atoms with Crippen LogP contribution in [0.1, 0.15) is 11.3 Å². The van der Waals surface area contributed by atoms with E-state index in [2.05, 4.69) is 0 Å². The average Bonchev–Trinajstić information content (AvgIpc) is 2.80. The smallest absolute Gasteiger partial charge is 0.243 e. The third-order valence-electron chi connectivity index (χ3n) is 2.74. The molecule has 6 heteroatoms. The Labute approximate surface area is 112 Å². The van der Waals surface area contributed by atoms with Crippen molar-refractivity contribution in [2.24, 2.45) is 0 Å². The second-order valence-corrected chi connectivity index (χ2v) is 6.46. The third-order valence-corrected chi connectivity index (χ3v) is 4.52. The molecule has 0 saturated heterocycles. The van der Waals surface area contributed by atoms with E-state index in [-0.39, 0.29) is 11.4 Å². The number of anilines is 1. The Morgan fingerprint density at radius 2 is 2.05 bits per heavy atom. The lowest BCUT2D eigenvalue weighted by atomic mass is 10.2. The molecule has 0 aliphatic rings. The Hall–Kier alpha value is -1.79. The van der Waals surface area contributed by atoms with Crippen LogP contribution in [0.2, 0.25) is 0 Å². The van der Waals surface area contributed by atoms with Gasteiger partial charge in [-0.1, -0.05) is 0 Å². The summed E-state index contributed by atoms with van der Waals surface area (Å²) >= 11 is 0. The minimum atomic E-state index is -3.57. The quantitative estimate of drug-likeness (QED) is 0.869. The maximum atomic E-state index is 12.4. The first kappa shape index (κ1) is 13.6. The monoisotopic (exact) mass is 280 g/mol. The highest BCUT2D eigenvalue weighted by molar-refractivity contribution is 7.89. The average molecular weight is 280 g/mol. The first-order valence-corrected chi connectivity index (χ1v) is 7.19. The predicted molar refractivity (Wildman–Crippen MR) is 73.0 cm³/mol. The van der Waals surface area contributed by atoms with Crippen molar-refractivity contribution in [1.29, 1.82) is 0 Å². The molecule has 0 fully saturated rings. The van der Waals surface area contributed by atoms with Gasteiger partial charge in [-0.2, -0.15) is 4.31 Å². The van der Waals surface area contributed by atoms with E-state index < -0.39 is 10.0 Å². The second-order valence-electron chi connectivity index (χ2n) is 4.42. The SMILES string of the molecule is Cc1cc(N)cc(S(=O)(=O)N(C)Cc2ccco2)c1. The molecular formula is C13H16N2O3S. The van der Waals surface area contributed by atoms with Crippen LogP contribution >= 0.6 is 0 Å². The molecule has 1 aromatic carbocycles. The lowest BCUT2D eigenvalue weighted by Crippen LogP contribution is -2.26. The molecule has 0 amide bonds. The molecule has 1 aromatic heterocycles. The summed E-state index contributed by atoms with van der Waals surface area (Å²) in [6, 6.07) is 8.24. The molecule has 2 rings (SSSR count). The summed E-state index contributed by atoms with van der Waals surface area (Å²) in [6.07, 6.45) is 1.51. The van der Waals surface area contributed by atoms with Crippen molar-refractivity contribution < 1.29 is 12.8 Å². The lowest BCUT2D eigenvalue weighted by molar-refractivity contribution is 0.406. The Bertz CT molecular complexity index is 643. The van der Waals surface area contributed by atoms with E-state index in [0.717, 1.165) is 5.56 Å². The lowest BCUT2D eigenvalue weighted by Gasteiger charge is -2.16. The molecule has 1 heterocycles. The van der Waals surface area contributed by atoms with E-state index in [4.69, 9.17) is 10.2 Å². The molecule has 0 saturated carbocycles. The maximum Gasteiger partial charge on any atom is 0.243 e. The van der Waals surface area contributed by atoms with Crippen molar-refractivity contribution in [2.45, 2.75) is 18.4 Å². The van der Waals surface area contributed by atoms with Crippen molar-refractivity contribution in [1.82, 2.24) is 4.31 Å². The van der Waals surface area contributed by atoms with Crippen LogP contribution in [0.5, 0.6) is 0 Å². The number of nitrogen functional groups attached to an aromatic ring is 1. The third kappa shape index (κ3) is 2.97. The first-order chi connectivity index (χ1) is 8.89. The fraction of sp³-hybridized carbons (Fsp3) is 0.231. The number of rotatable bonds is 4.